The van der Waals surface area contributed by atoms with Crippen LogP contribution in [-0.2, 0) is 9.88 Å². The van der Waals surface area contributed by atoms with Crippen LogP contribution in [0.5, 0.6) is 0 Å². The molecule has 0 aromatic rings. The van der Waals surface area contributed by atoms with Crippen molar-refractivity contribution in [2.75, 3.05) is 53.4 Å². The molecule has 0 aliphatic rings. The molecule has 0 saturated carbocycles. The van der Waals surface area contributed by atoms with E-state index in [1.54, 1.807) is 0 Å². The maximum absolute atomic E-state index is 6.50. The Balaban J connectivity index is 0. The monoisotopic (exact) mass is 296 g/mol. The molecular weight excluding hydrogens is 264 g/mol. The predicted molar refractivity (Wildman–Crippen MR) is 78.5 cm³/mol. The van der Waals surface area contributed by atoms with Crippen LogP contribution in [-0.4, -0.2) is 63.6 Å². The van der Waals surface area contributed by atoms with E-state index in [4.69, 9.17) is 15.9 Å². The van der Waals surface area contributed by atoms with Crippen LogP contribution in [0.15, 0.2) is 0 Å². The molecule has 0 radical (unpaired) electrons. The van der Waals surface area contributed by atoms with Crippen LogP contribution >= 0.6 is 0 Å². The highest BCUT2D eigenvalue weighted by Crippen LogP contribution is 1.90. The molecule has 0 fully saturated rings. The van der Waals surface area contributed by atoms with Crippen LogP contribution < -0.4 is 27.9 Å². The molecule has 0 aliphatic heterocycles. The fourth-order valence-electron chi connectivity index (χ4n) is 1.49. The summed E-state index contributed by atoms with van der Waals surface area (Å²) in [6.07, 6.45) is 3.12. The van der Waals surface area contributed by atoms with Crippen LogP contribution in [0.4, 0.5) is 0 Å². The van der Waals surface area contributed by atoms with Crippen LogP contribution in [0, 0.1) is 0 Å². The largest absolute Gasteiger partial charge is 0.330 e. The quantitative estimate of drug-likeness (QED) is 0.130. The Morgan fingerprint density at radius 2 is 1.65 bits per heavy atom. The van der Waals surface area contributed by atoms with Gasteiger partial charge in [0.05, 0.1) is 7.11 Å². The van der Waals surface area contributed by atoms with Crippen molar-refractivity contribution in [1.29, 1.82) is 0 Å². The number of nitrogens with two attached hydrogens (primary N) is 2. The predicted octanol–water partition coefficient (Wildman–Crippen LogP) is -1.44. The van der Waals surface area contributed by atoms with Crippen molar-refractivity contribution in [1.82, 2.24) is 21.2 Å². The van der Waals surface area contributed by atoms with Crippen molar-refractivity contribution in [2.24, 2.45) is 11.6 Å². The Labute approximate surface area is 121 Å². The number of hydrazine groups is 1. The molecule has 8 N–H and O–H groups in total. The summed E-state index contributed by atoms with van der Waals surface area (Å²) >= 11 is 0. The van der Waals surface area contributed by atoms with E-state index in [-0.39, 0.29) is 0 Å². The second kappa shape index (κ2) is 20.9. The number of hydrogen-bond acceptors (Lipinski definition) is 9. The summed E-state index contributed by atoms with van der Waals surface area (Å²) in [5.74, 6) is 3.50. The Morgan fingerprint density at radius 1 is 1.05 bits per heavy atom. The molecule has 0 bridgehead atoms. The molecule has 0 aromatic heterocycles. The molecule has 124 valence electrons. The average molecular weight is 296 g/mol. The summed E-state index contributed by atoms with van der Waals surface area (Å²) in [4.78, 5) is 9.28. The lowest BCUT2D eigenvalue weighted by molar-refractivity contribution is -0.353. The van der Waals surface area contributed by atoms with Crippen molar-refractivity contribution in [3.05, 3.63) is 0 Å². The van der Waals surface area contributed by atoms with Gasteiger partial charge < -0.3 is 21.6 Å². The van der Waals surface area contributed by atoms with E-state index in [0.717, 1.165) is 58.5 Å². The van der Waals surface area contributed by atoms with E-state index in [2.05, 4.69) is 27.0 Å². The second-order valence-electron chi connectivity index (χ2n) is 4.03. The summed E-state index contributed by atoms with van der Waals surface area (Å²) in [5.41, 5.74) is 8.19. The van der Waals surface area contributed by atoms with Crippen molar-refractivity contribution < 1.29 is 15.1 Å². The van der Waals surface area contributed by atoms with Crippen molar-refractivity contribution in [3.8, 4) is 0 Å². The van der Waals surface area contributed by atoms with Gasteiger partial charge in [0, 0.05) is 13.1 Å². The first kappa shape index (κ1) is 21.9. The Bertz CT molecular complexity index is 167. The lowest BCUT2D eigenvalue weighted by atomic mass is 10.3. The van der Waals surface area contributed by atoms with Gasteiger partial charge in [-0.1, -0.05) is 0 Å². The van der Waals surface area contributed by atoms with E-state index < -0.39 is 0 Å². The molecule has 0 heterocycles. The summed E-state index contributed by atoms with van der Waals surface area (Å²) in [7, 11) is 3.43. The first-order valence-corrected chi connectivity index (χ1v) is 6.86. The van der Waals surface area contributed by atoms with E-state index >= 15 is 0 Å². The SMILES string of the molecule is CNCCCN(CCCNCCCN)NOOC.NO. The minimum Gasteiger partial charge on any atom is -0.330 e. The van der Waals surface area contributed by atoms with Crippen LogP contribution in [0.2, 0.25) is 0 Å². The lowest BCUT2D eigenvalue weighted by Gasteiger charge is -2.21. The molecule has 0 saturated heterocycles. The van der Waals surface area contributed by atoms with Crippen molar-refractivity contribution in [2.45, 2.75) is 19.3 Å². The second-order valence-corrected chi connectivity index (χ2v) is 4.03. The zero-order valence-corrected chi connectivity index (χ0v) is 12.7. The normalized spacial score (nSPS) is 10.5. The highest BCUT2D eigenvalue weighted by Gasteiger charge is 2.03. The standard InChI is InChI=1S/C11H29N5O2.H3NO/c1-13-7-4-10-16(15-18-17-2)11-5-9-14-8-3-6-12;1-2/h13-15H,3-12H2,1-2H3;2H,1H2. The number of nitrogens with one attached hydrogen (secondary N) is 3. The topological polar surface area (TPSA) is 130 Å². The molecule has 0 aromatic carbocycles. The van der Waals surface area contributed by atoms with Gasteiger partial charge in [0.15, 0.2) is 0 Å². The zero-order chi connectivity index (χ0) is 15.5. The molecule has 0 spiro atoms. The van der Waals surface area contributed by atoms with Crippen molar-refractivity contribution in [3.63, 3.8) is 0 Å². The minimum atomic E-state index is 0.742. The first-order valence-electron chi connectivity index (χ1n) is 6.86. The maximum atomic E-state index is 6.50. The molecule has 0 atom stereocenters. The molecule has 0 rings (SSSR count). The number of rotatable bonds is 14. The first-order chi connectivity index (χ1) is 9.85. The van der Waals surface area contributed by atoms with Gasteiger partial charge >= 0.3 is 0 Å². The molecule has 0 unspecified atom stereocenters. The Morgan fingerprint density at radius 3 is 2.20 bits per heavy atom. The van der Waals surface area contributed by atoms with Gasteiger partial charge in [-0.2, -0.15) is 0 Å². The minimum absolute atomic E-state index is 0.742. The molecule has 0 aliphatic carbocycles. The van der Waals surface area contributed by atoms with Gasteiger partial charge in [0.25, 0.3) is 0 Å². The highest BCUT2D eigenvalue weighted by molar-refractivity contribution is 4.55. The average Bonchev–Trinajstić information content (AvgIpc) is 2.49. The Hall–Kier alpha value is -0.360. The van der Waals surface area contributed by atoms with Crippen LogP contribution in [0.1, 0.15) is 19.3 Å². The summed E-state index contributed by atoms with van der Waals surface area (Å²) in [6, 6.07) is 0. The molecule has 9 heteroatoms. The van der Waals surface area contributed by atoms with Crippen LogP contribution in [0.3, 0.4) is 0 Å². The van der Waals surface area contributed by atoms with E-state index in [1.807, 2.05) is 12.1 Å². The molecule has 20 heavy (non-hydrogen) atoms. The number of nitrogens with zero attached hydrogens (tertiary/aromatic N) is 1. The fourth-order valence-corrected chi connectivity index (χ4v) is 1.49. The lowest BCUT2D eigenvalue weighted by Crippen LogP contribution is -2.41. The van der Waals surface area contributed by atoms with Gasteiger partial charge in [0.2, 0.25) is 0 Å². The molecular formula is C11H32N6O3. The highest BCUT2D eigenvalue weighted by atomic mass is 17.3. The summed E-state index contributed by atoms with van der Waals surface area (Å²) in [5, 5.41) is 15.0. The van der Waals surface area contributed by atoms with Crippen molar-refractivity contribution >= 4 is 0 Å². The smallest absolute Gasteiger partial charge is 0.0733 e. The van der Waals surface area contributed by atoms with Gasteiger partial charge in [-0.05, 0) is 52.5 Å². The van der Waals surface area contributed by atoms with Gasteiger partial charge in [-0.3, -0.25) is 0 Å². The van der Waals surface area contributed by atoms with Gasteiger partial charge in [-0.15, -0.1) is 10.6 Å². The third-order valence-corrected chi connectivity index (χ3v) is 2.44. The third kappa shape index (κ3) is 17.6. The zero-order valence-electron chi connectivity index (χ0n) is 12.7. The van der Waals surface area contributed by atoms with E-state index in [0.29, 0.717) is 0 Å². The van der Waals surface area contributed by atoms with E-state index in [1.165, 1.54) is 7.11 Å². The van der Waals surface area contributed by atoms with E-state index in [9.17, 15) is 0 Å². The molecule has 9 nitrogen and oxygen atoms in total. The molecule has 0 amide bonds. The third-order valence-electron chi connectivity index (χ3n) is 2.44. The fraction of sp³-hybridized carbons (Fsp3) is 1.00. The van der Waals surface area contributed by atoms with Gasteiger partial charge in [-0.25, -0.2) is 15.8 Å². The Kier molecular flexibility index (Phi) is 23.0. The van der Waals surface area contributed by atoms with Crippen LogP contribution in [0.25, 0.3) is 0 Å². The summed E-state index contributed by atoms with van der Waals surface area (Å²) < 4.78 is 0. The summed E-state index contributed by atoms with van der Waals surface area (Å²) in [6.45, 7) is 5.51. The maximum Gasteiger partial charge on any atom is 0.0733 e. The van der Waals surface area contributed by atoms with Gasteiger partial charge in [0.1, 0.15) is 0 Å². The number of hydrogen-bond donors (Lipinski definition) is 6.